The maximum absolute atomic E-state index is 12.6. The summed E-state index contributed by atoms with van der Waals surface area (Å²) in [6, 6.07) is 7.76. The Morgan fingerprint density at radius 3 is 2.72 bits per heavy atom. The number of aryl methyl sites for hydroxylation is 1. The van der Waals surface area contributed by atoms with Gasteiger partial charge in [-0.05, 0) is 36.8 Å². The Morgan fingerprint density at radius 1 is 1.24 bits per heavy atom. The molecular formula is C19H18ClN3O4S2. The van der Waals surface area contributed by atoms with E-state index in [1.54, 1.807) is 12.4 Å². The van der Waals surface area contributed by atoms with Gasteiger partial charge in [-0.25, -0.2) is 22.9 Å². The Morgan fingerprint density at radius 2 is 2.00 bits per heavy atom. The summed E-state index contributed by atoms with van der Waals surface area (Å²) in [7, 11) is -2.64. The number of carbonyl (C=O) groups is 1. The van der Waals surface area contributed by atoms with Gasteiger partial charge in [-0.15, -0.1) is 11.3 Å². The second-order valence-corrected chi connectivity index (χ2v) is 9.09. The number of benzene rings is 1. The van der Waals surface area contributed by atoms with E-state index in [4.69, 9.17) is 11.6 Å². The Bertz CT molecular complexity index is 1100. The smallest absolute Gasteiger partial charge is 0.337 e. The third-order valence-corrected chi connectivity index (χ3v) is 6.88. The molecule has 0 saturated carbocycles. The number of halogens is 1. The van der Waals surface area contributed by atoms with Crippen LogP contribution >= 0.6 is 22.9 Å². The van der Waals surface area contributed by atoms with Crippen LogP contribution in [0.4, 0.5) is 0 Å². The number of hydrogen-bond acceptors (Lipinski definition) is 7. The third-order valence-electron chi connectivity index (χ3n) is 4.03. The molecule has 0 spiro atoms. The highest BCUT2D eigenvalue weighted by Gasteiger charge is 2.20. The number of rotatable bonds is 8. The Hall–Kier alpha value is -2.33. The number of sulfonamides is 1. The van der Waals surface area contributed by atoms with E-state index in [0.717, 1.165) is 16.3 Å². The average Bonchev–Trinajstić information content (AvgIpc) is 3.20. The molecule has 0 unspecified atom stereocenters. The van der Waals surface area contributed by atoms with Crippen LogP contribution in [0, 0.1) is 0 Å². The lowest BCUT2D eigenvalue weighted by atomic mass is 10.2. The van der Waals surface area contributed by atoms with Crippen LogP contribution in [0.5, 0.6) is 0 Å². The van der Waals surface area contributed by atoms with Crippen molar-refractivity contribution in [3.05, 3.63) is 63.7 Å². The zero-order valence-corrected chi connectivity index (χ0v) is 17.9. The van der Waals surface area contributed by atoms with Crippen molar-refractivity contribution in [2.75, 3.05) is 13.7 Å². The zero-order valence-electron chi connectivity index (χ0n) is 15.5. The van der Waals surface area contributed by atoms with Crippen molar-refractivity contribution in [3.8, 4) is 11.3 Å². The average molecular weight is 452 g/mol. The molecule has 0 bridgehead atoms. The molecule has 29 heavy (non-hydrogen) atoms. The van der Waals surface area contributed by atoms with Gasteiger partial charge in [0, 0.05) is 36.3 Å². The van der Waals surface area contributed by atoms with Gasteiger partial charge in [0.1, 0.15) is 4.90 Å². The highest BCUT2D eigenvalue weighted by molar-refractivity contribution is 7.89. The fourth-order valence-corrected chi connectivity index (χ4v) is 5.01. The van der Waals surface area contributed by atoms with E-state index in [1.165, 1.54) is 36.6 Å². The summed E-state index contributed by atoms with van der Waals surface area (Å²) >= 11 is 7.54. The fraction of sp³-hybridized carbons (Fsp3) is 0.211. The minimum Gasteiger partial charge on any atom is -0.465 e. The number of thiazole rings is 1. The molecule has 0 radical (unpaired) electrons. The summed E-state index contributed by atoms with van der Waals surface area (Å²) in [5.74, 6) is -0.633. The van der Waals surface area contributed by atoms with Gasteiger partial charge in [-0.1, -0.05) is 11.6 Å². The van der Waals surface area contributed by atoms with Gasteiger partial charge >= 0.3 is 5.97 Å². The minimum absolute atomic E-state index is 0.0343. The first-order valence-electron chi connectivity index (χ1n) is 8.63. The van der Waals surface area contributed by atoms with Gasteiger partial charge in [0.05, 0.1) is 28.4 Å². The van der Waals surface area contributed by atoms with E-state index in [9.17, 15) is 13.2 Å². The Labute approximate surface area is 177 Å². The van der Waals surface area contributed by atoms with Crippen LogP contribution in [0.25, 0.3) is 11.3 Å². The van der Waals surface area contributed by atoms with Crippen LogP contribution in [0.3, 0.4) is 0 Å². The maximum Gasteiger partial charge on any atom is 0.337 e. The Kier molecular flexibility index (Phi) is 6.96. The van der Waals surface area contributed by atoms with Gasteiger partial charge in [-0.3, -0.25) is 4.98 Å². The molecule has 3 rings (SSSR count). The van der Waals surface area contributed by atoms with Crippen LogP contribution in [-0.2, 0) is 21.2 Å². The first kappa shape index (κ1) is 21.4. The zero-order chi connectivity index (χ0) is 20.9. The number of nitrogens with one attached hydrogen (secondary N) is 1. The molecule has 10 heteroatoms. The van der Waals surface area contributed by atoms with Crippen molar-refractivity contribution >= 4 is 38.9 Å². The number of hydrogen-bond donors (Lipinski definition) is 1. The number of ether oxygens (including phenoxy) is 1. The standard InChI is InChI=1S/C19H18ClN3O4S2/c1-27-19(24)14-4-5-15(20)17(11-14)29(25,26)22-8-2-3-18-23-16(12-28-18)13-6-9-21-10-7-13/h4-7,9-12,22H,2-3,8H2,1H3. The second kappa shape index (κ2) is 9.45. The van der Waals surface area contributed by atoms with E-state index in [2.05, 4.69) is 19.4 Å². The molecule has 0 saturated heterocycles. The maximum atomic E-state index is 12.6. The molecule has 0 amide bonds. The molecule has 0 aliphatic carbocycles. The van der Waals surface area contributed by atoms with Crippen molar-refractivity contribution in [1.82, 2.24) is 14.7 Å². The van der Waals surface area contributed by atoms with Crippen LogP contribution < -0.4 is 4.72 Å². The molecular weight excluding hydrogens is 434 g/mol. The molecule has 1 N–H and O–H groups in total. The second-order valence-electron chi connectivity index (χ2n) is 6.00. The quantitative estimate of drug-likeness (QED) is 0.415. The lowest BCUT2D eigenvalue weighted by Crippen LogP contribution is -2.25. The first-order chi connectivity index (χ1) is 13.9. The lowest BCUT2D eigenvalue weighted by Gasteiger charge is -2.09. The predicted molar refractivity (Wildman–Crippen MR) is 112 cm³/mol. The van der Waals surface area contributed by atoms with E-state index >= 15 is 0 Å². The molecule has 2 heterocycles. The van der Waals surface area contributed by atoms with E-state index in [-0.39, 0.29) is 22.0 Å². The van der Waals surface area contributed by atoms with E-state index in [1.807, 2.05) is 17.5 Å². The van der Waals surface area contributed by atoms with Crippen molar-refractivity contribution in [2.24, 2.45) is 0 Å². The topological polar surface area (TPSA) is 98.2 Å². The van der Waals surface area contributed by atoms with E-state index < -0.39 is 16.0 Å². The normalized spacial score (nSPS) is 11.4. The van der Waals surface area contributed by atoms with Gasteiger partial charge in [0.15, 0.2) is 0 Å². The third kappa shape index (κ3) is 5.39. The van der Waals surface area contributed by atoms with Crippen LogP contribution in [0.2, 0.25) is 5.02 Å². The summed E-state index contributed by atoms with van der Waals surface area (Å²) in [6.45, 7) is 0.214. The molecule has 0 atom stereocenters. The number of esters is 1. The van der Waals surface area contributed by atoms with Crippen molar-refractivity contribution in [2.45, 2.75) is 17.7 Å². The van der Waals surface area contributed by atoms with Gasteiger partial charge in [0.25, 0.3) is 0 Å². The predicted octanol–water partition coefficient (Wildman–Crippen LogP) is 3.56. The monoisotopic (exact) mass is 451 g/mol. The molecule has 7 nitrogen and oxygen atoms in total. The number of nitrogens with zero attached hydrogens (tertiary/aromatic N) is 2. The number of methoxy groups -OCH3 is 1. The molecule has 0 aliphatic rings. The number of carbonyl (C=O) groups excluding carboxylic acids is 1. The Balaban J connectivity index is 1.59. The van der Waals surface area contributed by atoms with Gasteiger partial charge in [0.2, 0.25) is 10.0 Å². The van der Waals surface area contributed by atoms with Crippen LogP contribution in [0.15, 0.2) is 53.0 Å². The largest absolute Gasteiger partial charge is 0.465 e. The van der Waals surface area contributed by atoms with Crippen molar-refractivity contribution in [1.29, 1.82) is 0 Å². The lowest BCUT2D eigenvalue weighted by molar-refractivity contribution is 0.0600. The highest BCUT2D eigenvalue weighted by Crippen LogP contribution is 2.24. The summed E-state index contributed by atoms with van der Waals surface area (Å²) in [4.78, 5) is 20.0. The van der Waals surface area contributed by atoms with E-state index in [0.29, 0.717) is 12.8 Å². The molecule has 0 aliphatic heterocycles. The summed E-state index contributed by atoms with van der Waals surface area (Å²) in [6.07, 6.45) is 4.62. The van der Waals surface area contributed by atoms with Gasteiger partial charge < -0.3 is 4.74 Å². The molecule has 2 aromatic heterocycles. The minimum atomic E-state index is -3.86. The number of aromatic nitrogens is 2. The van der Waals surface area contributed by atoms with Crippen molar-refractivity contribution < 1.29 is 17.9 Å². The first-order valence-corrected chi connectivity index (χ1v) is 11.4. The van der Waals surface area contributed by atoms with Crippen molar-refractivity contribution in [3.63, 3.8) is 0 Å². The summed E-state index contributed by atoms with van der Waals surface area (Å²) in [5.41, 5.74) is 1.98. The molecule has 1 aromatic carbocycles. The highest BCUT2D eigenvalue weighted by atomic mass is 35.5. The molecule has 152 valence electrons. The molecule has 3 aromatic rings. The van der Waals surface area contributed by atoms with Crippen LogP contribution in [0.1, 0.15) is 21.8 Å². The number of pyridine rings is 1. The SMILES string of the molecule is COC(=O)c1ccc(Cl)c(S(=O)(=O)NCCCc2nc(-c3ccncc3)cs2)c1. The molecule has 0 fully saturated rings. The fourth-order valence-electron chi connectivity index (χ4n) is 2.56. The summed E-state index contributed by atoms with van der Waals surface area (Å²) < 4.78 is 32.2. The summed E-state index contributed by atoms with van der Waals surface area (Å²) in [5, 5.41) is 2.92. The van der Waals surface area contributed by atoms with Gasteiger partial charge in [-0.2, -0.15) is 0 Å². The van der Waals surface area contributed by atoms with Crippen LogP contribution in [-0.4, -0.2) is 38.0 Å².